The van der Waals surface area contributed by atoms with Gasteiger partial charge in [-0.2, -0.15) is 0 Å². The smallest absolute Gasteiger partial charge is 0.330 e. The van der Waals surface area contributed by atoms with E-state index >= 15 is 0 Å². The van der Waals surface area contributed by atoms with Crippen LogP contribution in [0.5, 0.6) is 0 Å². The topological polar surface area (TPSA) is 66.8 Å². The Morgan fingerprint density at radius 1 is 1.57 bits per heavy atom. The van der Waals surface area contributed by atoms with Crippen LogP contribution in [0.15, 0.2) is 12.7 Å². The standard InChI is InChI=1S/C7H12O2.C3H8O2/c1-5-6(8)9-7(2,3)4;1-3(5)2-4/h5H,1H2,2-4H3;3-5H,2H2,1H3. The second-order valence-corrected chi connectivity index (χ2v) is 3.77. The molecule has 4 nitrogen and oxygen atoms in total. The van der Waals surface area contributed by atoms with Gasteiger partial charge in [-0.15, -0.1) is 0 Å². The fourth-order valence-electron chi connectivity index (χ4n) is 0.343. The van der Waals surface area contributed by atoms with E-state index in [2.05, 4.69) is 6.58 Å². The molecule has 1 atom stereocenters. The van der Waals surface area contributed by atoms with Crippen LogP contribution in [0.4, 0.5) is 0 Å². The fourth-order valence-corrected chi connectivity index (χ4v) is 0.343. The van der Waals surface area contributed by atoms with Crippen LogP contribution in [0.3, 0.4) is 0 Å². The number of ether oxygens (including phenoxy) is 1. The molecule has 0 saturated carbocycles. The summed E-state index contributed by atoms with van der Waals surface area (Å²) in [6.45, 7) is 10.1. The first-order chi connectivity index (χ1) is 6.22. The molecule has 14 heavy (non-hydrogen) atoms. The van der Waals surface area contributed by atoms with Gasteiger partial charge in [0.05, 0.1) is 12.7 Å². The summed E-state index contributed by atoms with van der Waals surface area (Å²) in [7, 11) is 0. The lowest BCUT2D eigenvalue weighted by Gasteiger charge is -2.17. The zero-order chi connectivity index (χ0) is 11.8. The number of esters is 1. The van der Waals surface area contributed by atoms with Gasteiger partial charge in [0.1, 0.15) is 5.60 Å². The molecular weight excluding hydrogens is 184 g/mol. The molecule has 0 heterocycles. The molecular formula is C10H20O4. The average molecular weight is 204 g/mol. The van der Waals surface area contributed by atoms with Crippen molar-refractivity contribution in [3.05, 3.63) is 12.7 Å². The minimum absolute atomic E-state index is 0.139. The number of carbonyl (C=O) groups excluding carboxylic acids is 1. The molecule has 0 saturated heterocycles. The van der Waals surface area contributed by atoms with E-state index in [1.54, 1.807) is 0 Å². The van der Waals surface area contributed by atoms with E-state index < -0.39 is 11.7 Å². The monoisotopic (exact) mass is 204 g/mol. The number of hydrogen-bond donors (Lipinski definition) is 2. The van der Waals surface area contributed by atoms with Crippen LogP contribution in [0.2, 0.25) is 0 Å². The van der Waals surface area contributed by atoms with Crippen LogP contribution in [-0.2, 0) is 9.53 Å². The Morgan fingerprint density at radius 2 is 1.93 bits per heavy atom. The highest BCUT2D eigenvalue weighted by Crippen LogP contribution is 2.06. The van der Waals surface area contributed by atoms with Crippen molar-refractivity contribution in [2.45, 2.75) is 39.4 Å². The maximum absolute atomic E-state index is 10.5. The number of aliphatic hydroxyl groups excluding tert-OH is 2. The molecule has 0 fully saturated rings. The van der Waals surface area contributed by atoms with Crippen molar-refractivity contribution in [1.82, 2.24) is 0 Å². The lowest BCUT2D eigenvalue weighted by atomic mass is 10.2. The second kappa shape index (κ2) is 7.53. The summed E-state index contributed by atoms with van der Waals surface area (Å²) in [5.41, 5.74) is -0.398. The van der Waals surface area contributed by atoms with Crippen molar-refractivity contribution in [2.24, 2.45) is 0 Å². The van der Waals surface area contributed by atoms with Gasteiger partial charge in [0.2, 0.25) is 0 Å². The lowest BCUT2D eigenvalue weighted by molar-refractivity contribution is -0.148. The fraction of sp³-hybridized carbons (Fsp3) is 0.700. The molecule has 0 rings (SSSR count). The van der Waals surface area contributed by atoms with Gasteiger partial charge < -0.3 is 14.9 Å². The van der Waals surface area contributed by atoms with Crippen molar-refractivity contribution >= 4 is 5.97 Å². The van der Waals surface area contributed by atoms with Crippen molar-refractivity contribution in [3.8, 4) is 0 Å². The van der Waals surface area contributed by atoms with Crippen molar-refractivity contribution in [2.75, 3.05) is 6.61 Å². The Balaban J connectivity index is 0. The highest BCUT2D eigenvalue weighted by molar-refractivity contribution is 5.81. The molecule has 4 heteroatoms. The quantitative estimate of drug-likeness (QED) is 0.517. The van der Waals surface area contributed by atoms with E-state index in [4.69, 9.17) is 14.9 Å². The Bertz CT molecular complexity index is 167. The van der Waals surface area contributed by atoms with E-state index in [0.29, 0.717) is 0 Å². The summed E-state index contributed by atoms with van der Waals surface area (Å²) >= 11 is 0. The highest BCUT2D eigenvalue weighted by Gasteiger charge is 2.12. The first-order valence-electron chi connectivity index (χ1n) is 4.37. The molecule has 0 aliphatic carbocycles. The molecule has 0 aliphatic heterocycles. The third-order valence-electron chi connectivity index (χ3n) is 0.838. The van der Waals surface area contributed by atoms with E-state index in [1.165, 1.54) is 6.92 Å². The van der Waals surface area contributed by atoms with Gasteiger partial charge in [-0.1, -0.05) is 6.58 Å². The van der Waals surface area contributed by atoms with Gasteiger partial charge in [-0.05, 0) is 27.7 Å². The first-order valence-corrected chi connectivity index (χ1v) is 4.37. The molecule has 0 aromatic carbocycles. The molecule has 0 spiro atoms. The first kappa shape index (κ1) is 15.6. The largest absolute Gasteiger partial charge is 0.457 e. The predicted octanol–water partition coefficient (Wildman–Crippen LogP) is 0.874. The summed E-state index contributed by atoms with van der Waals surface area (Å²) < 4.78 is 4.83. The van der Waals surface area contributed by atoms with Crippen LogP contribution in [0.1, 0.15) is 27.7 Å². The van der Waals surface area contributed by atoms with Crippen molar-refractivity contribution in [3.63, 3.8) is 0 Å². The summed E-state index contributed by atoms with van der Waals surface area (Å²) in [5, 5.41) is 16.0. The maximum atomic E-state index is 10.5. The molecule has 0 bridgehead atoms. The van der Waals surface area contributed by atoms with Gasteiger partial charge >= 0.3 is 5.97 Å². The molecule has 0 aromatic heterocycles. The lowest BCUT2D eigenvalue weighted by Crippen LogP contribution is -2.22. The third-order valence-corrected chi connectivity index (χ3v) is 0.838. The summed E-state index contributed by atoms with van der Waals surface area (Å²) in [5.74, 6) is -0.373. The normalized spacial score (nSPS) is 12.1. The zero-order valence-electron chi connectivity index (χ0n) is 9.28. The van der Waals surface area contributed by atoms with Gasteiger partial charge in [-0.25, -0.2) is 4.79 Å². The summed E-state index contributed by atoms with van der Waals surface area (Å²) in [6.07, 6.45) is 0.598. The van der Waals surface area contributed by atoms with Crippen LogP contribution >= 0.6 is 0 Å². The molecule has 0 aromatic rings. The van der Waals surface area contributed by atoms with E-state index in [-0.39, 0.29) is 12.6 Å². The molecule has 0 amide bonds. The van der Waals surface area contributed by atoms with Crippen LogP contribution in [-0.4, -0.2) is 34.5 Å². The van der Waals surface area contributed by atoms with Gasteiger partial charge in [0.25, 0.3) is 0 Å². The maximum Gasteiger partial charge on any atom is 0.330 e. The molecule has 2 N–H and O–H groups in total. The Hall–Kier alpha value is -0.870. The Labute approximate surface area is 85.2 Å². The zero-order valence-corrected chi connectivity index (χ0v) is 9.28. The molecule has 0 aliphatic rings. The molecule has 0 radical (unpaired) electrons. The van der Waals surface area contributed by atoms with Crippen LogP contribution in [0.25, 0.3) is 0 Å². The van der Waals surface area contributed by atoms with Crippen molar-refractivity contribution < 1.29 is 19.7 Å². The Kier molecular flexibility index (Phi) is 8.38. The van der Waals surface area contributed by atoms with Gasteiger partial charge in [0.15, 0.2) is 0 Å². The molecule has 84 valence electrons. The van der Waals surface area contributed by atoms with Gasteiger partial charge in [0, 0.05) is 6.08 Å². The minimum Gasteiger partial charge on any atom is -0.457 e. The van der Waals surface area contributed by atoms with Crippen molar-refractivity contribution in [1.29, 1.82) is 0 Å². The number of rotatable bonds is 2. The van der Waals surface area contributed by atoms with E-state index in [0.717, 1.165) is 6.08 Å². The highest BCUT2D eigenvalue weighted by atomic mass is 16.6. The Morgan fingerprint density at radius 3 is 2.00 bits per heavy atom. The van der Waals surface area contributed by atoms with Gasteiger partial charge in [-0.3, -0.25) is 0 Å². The van der Waals surface area contributed by atoms with Crippen LogP contribution in [0, 0.1) is 0 Å². The number of hydrogen-bond acceptors (Lipinski definition) is 4. The second-order valence-electron chi connectivity index (χ2n) is 3.77. The number of aliphatic hydroxyl groups is 2. The summed E-state index contributed by atoms with van der Waals surface area (Å²) in [6, 6.07) is 0. The van der Waals surface area contributed by atoms with Crippen LogP contribution < -0.4 is 0 Å². The average Bonchev–Trinajstić information content (AvgIpc) is 2.02. The van der Waals surface area contributed by atoms with E-state index in [9.17, 15) is 4.79 Å². The molecule has 1 unspecified atom stereocenters. The van der Waals surface area contributed by atoms with E-state index in [1.807, 2.05) is 20.8 Å². The predicted molar refractivity (Wildman–Crippen MR) is 54.8 cm³/mol. The third kappa shape index (κ3) is 17.3. The summed E-state index contributed by atoms with van der Waals surface area (Å²) in [4.78, 5) is 10.5. The minimum atomic E-state index is -0.560. The SMILES string of the molecule is C=CC(=O)OC(C)(C)C.CC(O)CO. The number of carbonyl (C=O) groups is 1.